The summed E-state index contributed by atoms with van der Waals surface area (Å²) < 4.78 is 0. The Labute approximate surface area is 135 Å². The van der Waals surface area contributed by atoms with Crippen LogP contribution >= 0.6 is 0 Å². The van der Waals surface area contributed by atoms with E-state index in [1.54, 1.807) is 18.2 Å². The highest BCUT2D eigenvalue weighted by Crippen LogP contribution is 2.18. The third-order valence-corrected chi connectivity index (χ3v) is 3.28. The van der Waals surface area contributed by atoms with Crippen molar-refractivity contribution < 1.29 is 14.5 Å². The average Bonchev–Trinajstić information content (AvgIpc) is 2.52. The predicted octanol–water partition coefficient (Wildman–Crippen LogP) is 1.90. The zero-order valence-corrected chi connectivity index (χ0v) is 13.6. The van der Waals surface area contributed by atoms with Crippen LogP contribution in [0.15, 0.2) is 24.3 Å². The lowest BCUT2D eigenvalue weighted by Crippen LogP contribution is -2.42. The minimum atomic E-state index is -0.499. The summed E-state index contributed by atoms with van der Waals surface area (Å²) >= 11 is 0. The molecule has 0 aromatic heterocycles. The van der Waals surface area contributed by atoms with Gasteiger partial charge in [0.1, 0.15) is 0 Å². The molecule has 0 atom stereocenters. The summed E-state index contributed by atoms with van der Waals surface area (Å²) in [6.45, 7) is 4.85. The van der Waals surface area contributed by atoms with Crippen LogP contribution in [0, 0.1) is 10.1 Å². The number of nitrogens with zero attached hydrogens (tertiary/aromatic N) is 2. The molecule has 1 N–H and O–H groups in total. The monoisotopic (exact) mass is 321 g/mol. The molecule has 1 aromatic carbocycles. The van der Waals surface area contributed by atoms with Crippen molar-refractivity contribution in [2.24, 2.45) is 0 Å². The van der Waals surface area contributed by atoms with Crippen molar-refractivity contribution >= 4 is 17.5 Å². The first-order valence-electron chi connectivity index (χ1n) is 7.76. The summed E-state index contributed by atoms with van der Waals surface area (Å²) in [6, 6.07) is 6.17. The van der Waals surface area contributed by atoms with Gasteiger partial charge in [0.05, 0.1) is 17.9 Å². The Bertz CT molecular complexity index is 560. The van der Waals surface area contributed by atoms with E-state index in [2.05, 4.69) is 5.32 Å². The van der Waals surface area contributed by atoms with Crippen molar-refractivity contribution in [3.8, 4) is 0 Å². The van der Waals surface area contributed by atoms with Gasteiger partial charge in [0.25, 0.3) is 5.69 Å². The van der Waals surface area contributed by atoms with Gasteiger partial charge in [-0.05, 0) is 12.8 Å². The van der Waals surface area contributed by atoms with E-state index in [0.29, 0.717) is 25.1 Å². The van der Waals surface area contributed by atoms with Gasteiger partial charge in [-0.25, -0.2) is 0 Å². The van der Waals surface area contributed by atoms with Crippen LogP contribution in [0.1, 0.15) is 32.3 Å². The van der Waals surface area contributed by atoms with Crippen molar-refractivity contribution in [2.45, 2.75) is 33.1 Å². The second-order valence-electron chi connectivity index (χ2n) is 5.23. The molecule has 0 saturated heterocycles. The summed E-state index contributed by atoms with van der Waals surface area (Å²) in [6.07, 6.45) is 1.45. The van der Waals surface area contributed by atoms with Crippen LogP contribution in [-0.2, 0) is 16.0 Å². The van der Waals surface area contributed by atoms with Crippen molar-refractivity contribution in [1.82, 2.24) is 10.2 Å². The predicted molar refractivity (Wildman–Crippen MR) is 87.0 cm³/mol. The van der Waals surface area contributed by atoms with Crippen molar-refractivity contribution in [3.63, 3.8) is 0 Å². The van der Waals surface area contributed by atoms with Crippen molar-refractivity contribution in [3.05, 3.63) is 39.9 Å². The van der Waals surface area contributed by atoms with E-state index in [1.807, 2.05) is 13.8 Å². The van der Waals surface area contributed by atoms with Crippen LogP contribution in [0.5, 0.6) is 0 Å². The van der Waals surface area contributed by atoms with Gasteiger partial charge >= 0.3 is 0 Å². The topological polar surface area (TPSA) is 92.6 Å². The number of nitrogens with one attached hydrogen (secondary N) is 1. The van der Waals surface area contributed by atoms with Gasteiger partial charge in [-0.15, -0.1) is 0 Å². The number of hydrogen-bond donors (Lipinski definition) is 1. The highest BCUT2D eigenvalue weighted by atomic mass is 16.6. The van der Waals surface area contributed by atoms with Gasteiger partial charge in [0.15, 0.2) is 0 Å². The summed E-state index contributed by atoms with van der Waals surface area (Å²) in [5.41, 5.74) is 0.283. The smallest absolute Gasteiger partial charge is 0.273 e. The molecule has 126 valence electrons. The minimum absolute atomic E-state index is 0.0205. The maximum absolute atomic E-state index is 12.4. The van der Waals surface area contributed by atoms with E-state index in [0.717, 1.165) is 6.42 Å². The number of hydrogen-bond acceptors (Lipinski definition) is 4. The number of nitro benzene ring substituents is 1. The van der Waals surface area contributed by atoms with E-state index in [-0.39, 0.29) is 30.5 Å². The second-order valence-corrected chi connectivity index (χ2v) is 5.23. The van der Waals surface area contributed by atoms with Gasteiger partial charge in [0, 0.05) is 24.7 Å². The van der Waals surface area contributed by atoms with Crippen LogP contribution in [0.4, 0.5) is 5.69 Å². The number of amides is 2. The number of benzene rings is 1. The molecule has 2 amide bonds. The number of rotatable bonds is 9. The van der Waals surface area contributed by atoms with E-state index in [9.17, 15) is 19.7 Å². The number of para-hydroxylation sites is 1. The van der Waals surface area contributed by atoms with E-state index in [1.165, 1.54) is 11.0 Å². The van der Waals surface area contributed by atoms with Crippen molar-refractivity contribution in [1.29, 1.82) is 0 Å². The fourth-order valence-corrected chi connectivity index (χ4v) is 2.17. The standard InChI is InChI=1S/C16H23N3O4/c1-3-9-17-15(20)12-18(10-4-2)16(21)11-13-7-5-6-8-14(13)19(22)23/h5-8H,3-4,9-12H2,1-2H3,(H,17,20). The molecule has 1 rings (SSSR count). The maximum atomic E-state index is 12.4. The summed E-state index contributed by atoms with van der Waals surface area (Å²) in [5, 5.41) is 13.7. The number of nitro groups is 1. The highest BCUT2D eigenvalue weighted by Gasteiger charge is 2.20. The lowest BCUT2D eigenvalue weighted by atomic mass is 10.1. The van der Waals surface area contributed by atoms with Crippen LogP contribution in [0.25, 0.3) is 0 Å². The third kappa shape index (κ3) is 6.06. The van der Waals surface area contributed by atoms with Gasteiger partial charge in [0.2, 0.25) is 11.8 Å². The third-order valence-electron chi connectivity index (χ3n) is 3.28. The van der Waals surface area contributed by atoms with Crippen molar-refractivity contribution in [2.75, 3.05) is 19.6 Å². The molecule has 0 unspecified atom stereocenters. The lowest BCUT2D eigenvalue weighted by Gasteiger charge is -2.21. The Kier molecular flexibility index (Phi) is 7.73. The highest BCUT2D eigenvalue weighted by molar-refractivity contribution is 5.86. The quantitative estimate of drug-likeness (QED) is 0.555. The summed E-state index contributed by atoms with van der Waals surface area (Å²) in [5.74, 6) is -0.496. The zero-order valence-electron chi connectivity index (χ0n) is 13.6. The minimum Gasteiger partial charge on any atom is -0.355 e. The van der Waals surface area contributed by atoms with Gasteiger partial charge in [-0.1, -0.05) is 32.0 Å². The maximum Gasteiger partial charge on any atom is 0.273 e. The molecule has 0 heterocycles. The largest absolute Gasteiger partial charge is 0.355 e. The van der Waals surface area contributed by atoms with E-state index < -0.39 is 4.92 Å². The molecule has 0 aliphatic rings. The average molecular weight is 321 g/mol. The van der Waals surface area contributed by atoms with Crippen LogP contribution in [0.3, 0.4) is 0 Å². The molecule has 1 aromatic rings. The molecule has 0 aliphatic heterocycles. The Hall–Kier alpha value is -2.44. The van der Waals surface area contributed by atoms with E-state index in [4.69, 9.17) is 0 Å². The fraction of sp³-hybridized carbons (Fsp3) is 0.500. The molecule has 0 saturated carbocycles. The number of carbonyl (C=O) groups excluding carboxylic acids is 2. The first-order chi connectivity index (χ1) is 11.0. The van der Waals surface area contributed by atoms with Gasteiger partial charge < -0.3 is 10.2 Å². The van der Waals surface area contributed by atoms with Crippen LogP contribution < -0.4 is 5.32 Å². The summed E-state index contributed by atoms with van der Waals surface area (Å²) in [4.78, 5) is 36.2. The molecular weight excluding hydrogens is 298 g/mol. The van der Waals surface area contributed by atoms with Gasteiger partial charge in [-0.2, -0.15) is 0 Å². The molecule has 0 spiro atoms. The van der Waals surface area contributed by atoms with Crippen LogP contribution in [-0.4, -0.2) is 41.3 Å². The second kappa shape index (κ2) is 9.55. The van der Waals surface area contributed by atoms with E-state index >= 15 is 0 Å². The molecular formula is C16H23N3O4. The lowest BCUT2D eigenvalue weighted by molar-refractivity contribution is -0.385. The molecule has 23 heavy (non-hydrogen) atoms. The Morgan fingerprint density at radius 1 is 1.22 bits per heavy atom. The fourth-order valence-electron chi connectivity index (χ4n) is 2.17. The molecule has 7 heteroatoms. The molecule has 0 radical (unpaired) electrons. The SMILES string of the molecule is CCCNC(=O)CN(CCC)C(=O)Cc1ccccc1[N+](=O)[O-]. The molecule has 0 fully saturated rings. The Morgan fingerprint density at radius 3 is 2.52 bits per heavy atom. The van der Waals surface area contributed by atoms with Gasteiger partial charge in [-0.3, -0.25) is 19.7 Å². The Morgan fingerprint density at radius 2 is 1.91 bits per heavy atom. The molecule has 0 aliphatic carbocycles. The Balaban J connectivity index is 2.78. The molecule has 0 bridgehead atoms. The number of carbonyl (C=O) groups is 2. The normalized spacial score (nSPS) is 10.2. The molecule has 7 nitrogen and oxygen atoms in total. The first kappa shape index (κ1) is 18.6. The summed E-state index contributed by atoms with van der Waals surface area (Å²) in [7, 11) is 0. The van der Waals surface area contributed by atoms with Crippen LogP contribution in [0.2, 0.25) is 0 Å². The zero-order chi connectivity index (χ0) is 17.2. The first-order valence-corrected chi connectivity index (χ1v) is 7.76.